The van der Waals surface area contributed by atoms with Gasteiger partial charge in [0.15, 0.2) is 0 Å². The van der Waals surface area contributed by atoms with E-state index in [9.17, 15) is 0 Å². The number of hydrogen-bond donors (Lipinski definition) is 0. The first-order valence-corrected chi connectivity index (χ1v) is 16.2. The Morgan fingerprint density at radius 1 is 0.396 bits per heavy atom. The van der Waals surface area contributed by atoms with E-state index >= 15 is 0 Å². The van der Waals surface area contributed by atoms with Gasteiger partial charge < -0.3 is 9.47 Å². The fourth-order valence-corrected chi connectivity index (χ4v) is 7.59. The topological polar surface area (TPSA) is 34.0 Å². The van der Waals surface area contributed by atoms with Crippen LogP contribution in [0.25, 0.3) is 71.6 Å². The van der Waals surface area contributed by atoms with Gasteiger partial charge >= 0.3 is 0 Å². The van der Waals surface area contributed by atoms with Crippen molar-refractivity contribution in [2.75, 3.05) is 4.90 Å². The van der Waals surface area contributed by atoms with Crippen LogP contribution in [0.15, 0.2) is 170 Å². The number of fused-ring (bicyclic) bond motifs is 5. The van der Waals surface area contributed by atoms with Crippen molar-refractivity contribution in [2.45, 2.75) is 0 Å². The summed E-state index contributed by atoms with van der Waals surface area (Å²) in [4.78, 5) is 11.5. The Morgan fingerprint density at radius 3 is 1.85 bits per heavy atom. The van der Waals surface area contributed by atoms with E-state index in [2.05, 4.69) is 153 Å². The van der Waals surface area contributed by atoms with Crippen LogP contribution in [0.1, 0.15) is 0 Å². The zero-order valence-corrected chi connectivity index (χ0v) is 26.0. The van der Waals surface area contributed by atoms with E-state index in [1.54, 1.807) is 0 Å². The predicted molar refractivity (Wildman–Crippen MR) is 198 cm³/mol. The van der Waals surface area contributed by atoms with Gasteiger partial charge in [-0.25, -0.2) is 0 Å². The maximum Gasteiger partial charge on any atom is 0.0645 e. The quantitative estimate of drug-likeness (QED) is 0.198. The molecule has 1 aliphatic rings. The van der Waals surface area contributed by atoms with Gasteiger partial charge in [-0.1, -0.05) is 91.0 Å². The van der Waals surface area contributed by atoms with Crippen molar-refractivity contribution in [3.63, 3.8) is 0 Å². The van der Waals surface area contributed by atoms with Gasteiger partial charge in [0, 0.05) is 34.1 Å². The van der Waals surface area contributed by atoms with Crippen molar-refractivity contribution < 1.29 is 0 Å². The molecule has 4 nitrogen and oxygen atoms in total. The minimum Gasteiger partial charge on any atom is -0.308 e. The van der Waals surface area contributed by atoms with Crippen LogP contribution in [0.4, 0.5) is 17.1 Å². The number of nitrogens with zero attached hydrogens (tertiary/aromatic N) is 4. The third-order valence-electron chi connectivity index (χ3n) is 9.67. The molecular formula is C44H28N4. The molecule has 0 bridgehead atoms. The number of anilines is 3. The fourth-order valence-electron chi connectivity index (χ4n) is 7.59. The molecule has 0 aliphatic carbocycles. The van der Waals surface area contributed by atoms with Crippen molar-refractivity contribution in [2.24, 2.45) is 0 Å². The fraction of sp³-hybridized carbons (Fsp3) is 0. The van der Waals surface area contributed by atoms with Crippen molar-refractivity contribution in [1.29, 1.82) is 0 Å². The van der Waals surface area contributed by atoms with Gasteiger partial charge in [0.25, 0.3) is 0 Å². The Balaban J connectivity index is 1.33. The molecule has 0 fully saturated rings. The molecule has 1 aliphatic heterocycles. The van der Waals surface area contributed by atoms with Crippen LogP contribution in [0.2, 0.25) is 0 Å². The van der Waals surface area contributed by atoms with E-state index in [-0.39, 0.29) is 0 Å². The molecule has 9 aromatic rings. The molecule has 0 saturated carbocycles. The van der Waals surface area contributed by atoms with E-state index in [1.165, 1.54) is 54.9 Å². The van der Waals surface area contributed by atoms with Crippen LogP contribution in [0.3, 0.4) is 0 Å². The molecule has 0 atom stereocenters. The van der Waals surface area contributed by atoms with E-state index in [0.29, 0.717) is 0 Å². The summed E-state index contributed by atoms with van der Waals surface area (Å²) in [6.07, 6.45) is 7.58. The molecule has 6 aromatic carbocycles. The number of pyridine rings is 2. The van der Waals surface area contributed by atoms with Crippen molar-refractivity contribution in [1.82, 2.24) is 14.5 Å². The van der Waals surface area contributed by atoms with Crippen molar-refractivity contribution in [3.8, 4) is 39.1 Å². The van der Waals surface area contributed by atoms with Gasteiger partial charge in [0.1, 0.15) is 0 Å². The van der Waals surface area contributed by atoms with Crippen molar-refractivity contribution >= 4 is 49.6 Å². The van der Waals surface area contributed by atoms with Crippen LogP contribution in [-0.2, 0) is 0 Å². The first-order valence-electron chi connectivity index (χ1n) is 16.2. The van der Waals surface area contributed by atoms with E-state index < -0.39 is 0 Å². The molecule has 0 radical (unpaired) electrons. The first-order chi connectivity index (χ1) is 23.8. The predicted octanol–water partition coefficient (Wildman–Crippen LogP) is 11.5. The van der Waals surface area contributed by atoms with E-state index in [4.69, 9.17) is 0 Å². The molecule has 3 aromatic heterocycles. The van der Waals surface area contributed by atoms with Gasteiger partial charge in [-0.05, 0) is 87.8 Å². The SMILES string of the molecule is c1ccc(-c2ccc3c(c2)c2cc4c(cc2n3-c2cccnc2)N(c2cccnc2)c2cccc3c(-c5ccccc5)ccc-4c23)cc1. The normalized spacial score (nSPS) is 12.1. The smallest absolute Gasteiger partial charge is 0.0645 e. The van der Waals surface area contributed by atoms with Crippen molar-refractivity contribution in [3.05, 3.63) is 170 Å². The van der Waals surface area contributed by atoms with Gasteiger partial charge in [-0.2, -0.15) is 0 Å². The summed E-state index contributed by atoms with van der Waals surface area (Å²) in [5, 5.41) is 4.90. The lowest BCUT2D eigenvalue weighted by molar-refractivity contribution is 1.14. The Bertz CT molecular complexity index is 2650. The third kappa shape index (κ3) is 3.96. The summed E-state index contributed by atoms with van der Waals surface area (Å²) >= 11 is 0. The van der Waals surface area contributed by atoms with Gasteiger partial charge in [-0.15, -0.1) is 0 Å². The van der Waals surface area contributed by atoms with E-state index in [0.717, 1.165) is 33.8 Å². The molecule has 0 amide bonds. The highest BCUT2D eigenvalue weighted by atomic mass is 15.2. The zero-order chi connectivity index (χ0) is 31.6. The Hall–Kier alpha value is -6.52. The largest absolute Gasteiger partial charge is 0.308 e. The molecule has 0 spiro atoms. The summed E-state index contributed by atoms with van der Waals surface area (Å²) < 4.78 is 2.35. The lowest BCUT2D eigenvalue weighted by atomic mass is 9.86. The summed E-state index contributed by atoms with van der Waals surface area (Å²) in [7, 11) is 0. The second-order valence-corrected chi connectivity index (χ2v) is 12.3. The molecule has 0 N–H and O–H groups in total. The Kier molecular flexibility index (Phi) is 5.84. The van der Waals surface area contributed by atoms with Crippen LogP contribution in [0, 0.1) is 0 Å². The Labute approximate surface area is 277 Å². The standard InChI is InChI=1S/C44H28N4/c1-3-10-29(11-4-1)31-18-21-40-37(24-31)39-25-38-36-20-19-34(30-12-5-2-6-13-30)35-16-7-17-41(44(35)36)48(33-15-9-23-46-28-33)42(38)26-43(39)47(40)32-14-8-22-45-27-32/h1-28H. The third-order valence-corrected chi connectivity index (χ3v) is 9.67. The number of benzene rings is 6. The molecule has 0 saturated heterocycles. The Morgan fingerprint density at radius 2 is 1.10 bits per heavy atom. The number of rotatable bonds is 4. The minimum absolute atomic E-state index is 1.02. The average molecular weight is 613 g/mol. The highest BCUT2D eigenvalue weighted by molar-refractivity contribution is 6.21. The van der Waals surface area contributed by atoms with Crippen LogP contribution in [0.5, 0.6) is 0 Å². The number of hydrogen-bond acceptors (Lipinski definition) is 3. The van der Waals surface area contributed by atoms with Gasteiger partial charge in [0.2, 0.25) is 0 Å². The lowest BCUT2D eigenvalue weighted by Gasteiger charge is -2.34. The van der Waals surface area contributed by atoms with Crippen LogP contribution in [-0.4, -0.2) is 14.5 Å². The summed E-state index contributed by atoms with van der Waals surface area (Å²) in [6.45, 7) is 0. The molecule has 224 valence electrons. The molecule has 48 heavy (non-hydrogen) atoms. The molecule has 4 heteroatoms. The maximum atomic E-state index is 4.56. The summed E-state index contributed by atoms with van der Waals surface area (Å²) in [5.74, 6) is 0. The minimum atomic E-state index is 1.02. The van der Waals surface area contributed by atoms with Gasteiger partial charge in [0.05, 0.1) is 46.2 Å². The lowest BCUT2D eigenvalue weighted by Crippen LogP contribution is -2.15. The summed E-state index contributed by atoms with van der Waals surface area (Å²) in [5.41, 5.74) is 13.9. The van der Waals surface area contributed by atoms with Crippen LogP contribution < -0.4 is 4.90 Å². The second-order valence-electron chi connectivity index (χ2n) is 12.3. The average Bonchev–Trinajstić information content (AvgIpc) is 3.48. The molecule has 4 heterocycles. The highest BCUT2D eigenvalue weighted by Crippen LogP contribution is 2.54. The molecule has 0 unspecified atom stereocenters. The van der Waals surface area contributed by atoms with Crippen LogP contribution >= 0.6 is 0 Å². The first kappa shape index (κ1) is 26.7. The highest BCUT2D eigenvalue weighted by Gasteiger charge is 2.29. The van der Waals surface area contributed by atoms with Gasteiger partial charge in [-0.3, -0.25) is 9.97 Å². The number of aromatic nitrogens is 3. The monoisotopic (exact) mass is 612 g/mol. The molecule has 10 rings (SSSR count). The molecular weight excluding hydrogens is 585 g/mol. The summed E-state index contributed by atoms with van der Waals surface area (Å²) in [6, 6.07) is 52.5. The zero-order valence-electron chi connectivity index (χ0n) is 26.0. The maximum absolute atomic E-state index is 4.56. The van der Waals surface area contributed by atoms with E-state index in [1.807, 2.05) is 36.9 Å². The second kappa shape index (κ2) is 10.5.